The number of hydrogen-bond donors (Lipinski definition) is 2. The Morgan fingerprint density at radius 3 is 2.63 bits per heavy atom. The third-order valence-electron chi connectivity index (χ3n) is 2.62. The average molecular weight is 270 g/mol. The largest absolute Gasteiger partial charge is 0.481 e. The number of aliphatic hydroxyl groups is 1. The molecule has 0 bridgehead atoms. The van der Waals surface area contributed by atoms with Crippen molar-refractivity contribution in [3.63, 3.8) is 0 Å². The van der Waals surface area contributed by atoms with Gasteiger partial charge in [-0.25, -0.2) is 9.78 Å². The maximum Gasteiger partial charge on any atom is 0.346 e. The number of imidazole rings is 1. The van der Waals surface area contributed by atoms with E-state index in [1.165, 1.54) is 6.20 Å². The van der Waals surface area contributed by atoms with Crippen LogP contribution < -0.4 is 0 Å². The van der Waals surface area contributed by atoms with Gasteiger partial charge in [0.25, 0.3) is 0 Å². The molecule has 7 nitrogen and oxygen atoms in total. The minimum absolute atomic E-state index is 0.0247. The smallest absolute Gasteiger partial charge is 0.346 e. The Kier molecular flexibility index (Phi) is 4.66. The molecule has 0 aliphatic rings. The highest BCUT2D eigenvalue weighted by molar-refractivity contribution is 5.85. The Hall–Kier alpha value is -1.89. The van der Waals surface area contributed by atoms with Gasteiger partial charge in [0, 0.05) is 18.4 Å². The highest BCUT2D eigenvalue weighted by Gasteiger charge is 2.45. The number of esters is 1. The first-order valence-corrected chi connectivity index (χ1v) is 5.97. The number of aliphatic carboxylic acids is 1. The molecule has 19 heavy (non-hydrogen) atoms. The Labute approximate surface area is 110 Å². The van der Waals surface area contributed by atoms with E-state index in [4.69, 9.17) is 9.84 Å². The molecule has 0 saturated carbocycles. The number of carbonyl (C=O) groups excluding carboxylic acids is 1. The van der Waals surface area contributed by atoms with Gasteiger partial charge in [0.1, 0.15) is 0 Å². The number of rotatable bonds is 6. The number of hydrogen-bond acceptors (Lipinski definition) is 5. The number of aromatic nitrogens is 2. The molecule has 0 aromatic carbocycles. The van der Waals surface area contributed by atoms with Crippen LogP contribution in [0.25, 0.3) is 0 Å². The van der Waals surface area contributed by atoms with Gasteiger partial charge >= 0.3 is 11.9 Å². The molecule has 0 amide bonds. The van der Waals surface area contributed by atoms with Crippen molar-refractivity contribution in [1.29, 1.82) is 0 Å². The van der Waals surface area contributed by atoms with Gasteiger partial charge in [-0.2, -0.15) is 0 Å². The van der Waals surface area contributed by atoms with Gasteiger partial charge in [0.05, 0.1) is 13.0 Å². The van der Waals surface area contributed by atoms with Crippen LogP contribution >= 0.6 is 0 Å². The molecule has 0 aliphatic carbocycles. The summed E-state index contributed by atoms with van der Waals surface area (Å²) in [5.41, 5.74) is -2.28. The van der Waals surface area contributed by atoms with Crippen molar-refractivity contribution in [1.82, 2.24) is 9.55 Å². The summed E-state index contributed by atoms with van der Waals surface area (Å²) in [5.74, 6) is -2.34. The van der Waals surface area contributed by atoms with Crippen molar-refractivity contribution in [3.05, 3.63) is 18.2 Å². The zero-order valence-electron chi connectivity index (χ0n) is 11.2. The van der Waals surface area contributed by atoms with Gasteiger partial charge in [-0.1, -0.05) is 0 Å². The van der Waals surface area contributed by atoms with Crippen LogP contribution in [0.15, 0.2) is 12.4 Å². The molecule has 0 spiro atoms. The topological polar surface area (TPSA) is 102 Å². The molecule has 1 unspecified atom stereocenters. The van der Waals surface area contributed by atoms with Crippen molar-refractivity contribution in [2.45, 2.75) is 38.8 Å². The maximum atomic E-state index is 11.9. The highest BCUT2D eigenvalue weighted by atomic mass is 16.5. The van der Waals surface area contributed by atoms with Gasteiger partial charge in [0.2, 0.25) is 5.60 Å². The molecule has 0 saturated heterocycles. The molecular formula is C12H18N2O5. The molecule has 1 heterocycles. The number of carbonyl (C=O) groups is 2. The SMILES string of the molecule is CCOC(=O)C(O)(CC(=O)O)c1nccn1C(C)C. The van der Waals surface area contributed by atoms with Crippen LogP contribution in [0.5, 0.6) is 0 Å². The Bertz CT molecular complexity index is 468. The van der Waals surface area contributed by atoms with Crippen molar-refractivity contribution in [2.75, 3.05) is 6.61 Å². The fourth-order valence-electron chi connectivity index (χ4n) is 1.76. The highest BCUT2D eigenvalue weighted by Crippen LogP contribution is 2.27. The molecule has 0 radical (unpaired) electrons. The first kappa shape index (κ1) is 15.2. The quantitative estimate of drug-likeness (QED) is 0.737. The van der Waals surface area contributed by atoms with E-state index in [9.17, 15) is 14.7 Å². The van der Waals surface area contributed by atoms with Crippen molar-refractivity contribution >= 4 is 11.9 Å². The predicted molar refractivity (Wildman–Crippen MR) is 65.4 cm³/mol. The van der Waals surface area contributed by atoms with E-state index in [0.717, 1.165) is 0 Å². The summed E-state index contributed by atoms with van der Waals surface area (Å²) in [6.45, 7) is 5.28. The van der Waals surface area contributed by atoms with Crippen molar-refractivity contribution in [2.24, 2.45) is 0 Å². The monoisotopic (exact) mass is 270 g/mol. The van der Waals surface area contributed by atoms with Gasteiger partial charge in [-0.05, 0) is 20.8 Å². The fraction of sp³-hybridized carbons (Fsp3) is 0.583. The van der Waals surface area contributed by atoms with E-state index >= 15 is 0 Å². The number of carboxylic acids is 1. The Morgan fingerprint density at radius 1 is 1.53 bits per heavy atom. The van der Waals surface area contributed by atoms with E-state index in [0.29, 0.717) is 0 Å². The van der Waals surface area contributed by atoms with Crippen LogP contribution in [-0.4, -0.2) is 38.3 Å². The van der Waals surface area contributed by atoms with E-state index in [1.54, 1.807) is 17.7 Å². The zero-order chi connectivity index (χ0) is 14.6. The van der Waals surface area contributed by atoms with Crippen LogP contribution in [0.2, 0.25) is 0 Å². The predicted octanol–water partition coefficient (Wildman–Crippen LogP) is 0.689. The summed E-state index contributed by atoms with van der Waals surface area (Å²) in [6, 6.07) is -0.0766. The van der Waals surface area contributed by atoms with E-state index in [2.05, 4.69) is 4.98 Å². The van der Waals surface area contributed by atoms with Gasteiger partial charge in [-0.3, -0.25) is 4.79 Å². The minimum Gasteiger partial charge on any atom is -0.481 e. The third-order valence-corrected chi connectivity index (χ3v) is 2.62. The van der Waals surface area contributed by atoms with Gasteiger partial charge in [-0.15, -0.1) is 0 Å². The lowest BCUT2D eigenvalue weighted by molar-refractivity contribution is -0.173. The standard InChI is InChI=1S/C12H18N2O5/c1-4-19-11(17)12(18,7-9(15)16)10-13-5-6-14(10)8(2)3/h5-6,8,18H,4,7H2,1-3H3,(H,15,16). The molecular weight excluding hydrogens is 252 g/mol. The molecule has 2 N–H and O–H groups in total. The summed E-state index contributed by atoms with van der Waals surface area (Å²) in [5, 5.41) is 19.3. The van der Waals surface area contributed by atoms with Crippen LogP contribution in [-0.2, 0) is 19.9 Å². The maximum absolute atomic E-state index is 11.9. The van der Waals surface area contributed by atoms with Gasteiger partial charge < -0.3 is 19.5 Å². The van der Waals surface area contributed by atoms with E-state index in [1.807, 2.05) is 13.8 Å². The lowest BCUT2D eigenvalue weighted by Gasteiger charge is -2.25. The average Bonchev–Trinajstić information content (AvgIpc) is 2.77. The molecule has 1 rings (SSSR count). The normalized spacial score (nSPS) is 14.2. The minimum atomic E-state index is -2.28. The van der Waals surface area contributed by atoms with Crippen molar-refractivity contribution < 1.29 is 24.5 Å². The van der Waals surface area contributed by atoms with E-state index < -0.39 is 24.0 Å². The number of ether oxygens (including phenoxy) is 1. The Balaban J connectivity index is 3.26. The molecule has 0 aliphatic heterocycles. The van der Waals surface area contributed by atoms with Crippen molar-refractivity contribution in [3.8, 4) is 0 Å². The molecule has 1 atom stereocenters. The molecule has 7 heteroatoms. The second-order valence-electron chi connectivity index (χ2n) is 4.40. The van der Waals surface area contributed by atoms with Crippen LogP contribution in [0.4, 0.5) is 0 Å². The zero-order valence-corrected chi connectivity index (χ0v) is 11.2. The molecule has 0 fully saturated rings. The fourth-order valence-corrected chi connectivity index (χ4v) is 1.76. The second-order valence-corrected chi connectivity index (χ2v) is 4.40. The van der Waals surface area contributed by atoms with Crippen LogP contribution in [0.3, 0.4) is 0 Å². The Morgan fingerprint density at radius 2 is 2.16 bits per heavy atom. The number of nitrogens with zero attached hydrogens (tertiary/aromatic N) is 2. The lowest BCUT2D eigenvalue weighted by Crippen LogP contribution is -2.42. The summed E-state index contributed by atoms with van der Waals surface area (Å²) < 4.78 is 6.30. The first-order valence-electron chi connectivity index (χ1n) is 5.97. The molecule has 106 valence electrons. The van der Waals surface area contributed by atoms with Crippen LogP contribution in [0, 0.1) is 0 Å². The summed E-state index contributed by atoms with van der Waals surface area (Å²) in [6.07, 6.45) is 2.18. The summed E-state index contributed by atoms with van der Waals surface area (Å²) in [7, 11) is 0. The molecule has 1 aromatic heterocycles. The van der Waals surface area contributed by atoms with E-state index in [-0.39, 0.29) is 18.5 Å². The van der Waals surface area contributed by atoms with Crippen LogP contribution in [0.1, 0.15) is 39.1 Å². The summed E-state index contributed by atoms with van der Waals surface area (Å²) >= 11 is 0. The second kappa shape index (κ2) is 5.83. The summed E-state index contributed by atoms with van der Waals surface area (Å²) in [4.78, 5) is 26.7. The molecule has 1 aromatic rings. The van der Waals surface area contributed by atoms with Gasteiger partial charge in [0.15, 0.2) is 5.82 Å². The number of carboxylic acid groups (broad SMARTS) is 1. The first-order chi connectivity index (χ1) is 8.82. The lowest BCUT2D eigenvalue weighted by atomic mass is 9.98. The third kappa shape index (κ3) is 3.11.